The average molecular weight is 593 g/mol. The number of carboxylic acid groups (broad SMARTS) is 1. The molecule has 1 saturated heterocycles. The highest BCUT2D eigenvalue weighted by molar-refractivity contribution is 5.92. The minimum atomic E-state index is -1.10. The van der Waals surface area contributed by atoms with Gasteiger partial charge in [-0.25, -0.2) is 0 Å². The van der Waals surface area contributed by atoms with Crippen molar-refractivity contribution in [2.75, 3.05) is 19.6 Å². The highest BCUT2D eigenvalue weighted by Crippen LogP contribution is 2.38. The van der Waals surface area contributed by atoms with E-state index in [4.69, 9.17) is 10.8 Å². The van der Waals surface area contributed by atoms with Crippen molar-refractivity contribution in [3.8, 4) is 28.6 Å². The maximum absolute atomic E-state index is 12.9. The summed E-state index contributed by atoms with van der Waals surface area (Å²) in [5.41, 5.74) is 8.25. The second kappa shape index (κ2) is 13.7. The first kappa shape index (κ1) is 31.5. The molecule has 1 aliphatic heterocycles. The van der Waals surface area contributed by atoms with Gasteiger partial charge in [0.05, 0.1) is 5.56 Å². The number of aliphatic carboxylic acids is 1. The van der Waals surface area contributed by atoms with Gasteiger partial charge in [0.2, 0.25) is 11.7 Å². The molecular weight excluding hydrogens is 552 g/mol. The standard InChI is InChI=1S/C31H40N6O6/c1-4-33-30(41)29-35-34-28(23-16-22(18(2)3)25(38)17-26(23)39)37(29)21-7-5-19(6-8-21)15-20-11-13-36(14-12-20)27(40)10-9-24(32)31(42)43/h5-8,16-18,20,24,38-39H,4,9-15,32H2,1-3H3,(H,33,41)(H,42,43). The van der Waals surface area contributed by atoms with Crippen LogP contribution in [0.1, 0.15) is 74.1 Å². The molecule has 0 spiro atoms. The minimum Gasteiger partial charge on any atom is -0.508 e. The predicted octanol–water partition coefficient (Wildman–Crippen LogP) is 3.19. The number of amides is 2. The maximum Gasteiger partial charge on any atom is 0.320 e. The van der Waals surface area contributed by atoms with Crippen LogP contribution in [0.2, 0.25) is 0 Å². The Balaban J connectivity index is 1.51. The Kier molecular flexibility index (Phi) is 10.0. The van der Waals surface area contributed by atoms with Crippen LogP contribution < -0.4 is 11.1 Å². The third-order valence-corrected chi connectivity index (χ3v) is 7.88. The zero-order chi connectivity index (χ0) is 31.3. The summed E-state index contributed by atoms with van der Waals surface area (Å²) in [6.45, 7) is 7.32. The van der Waals surface area contributed by atoms with E-state index in [9.17, 15) is 24.6 Å². The van der Waals surface area contributed by atoms with E-state index < -0.39 is 17.9 Å². The lowest BCUT2D eigenvalue weighted by atomic mass is 9.90. The number of nitrogens with zero attached hydrogens (tertiary/aromatic N) is 4. The largest absolute Gasteiger partial charge is 0.508 e. The summed E-state index contributed by atoms with van der Waals surface area (Å²) in [5, 5.41) is 41.2. The first-order chi connectivity index (χ1) is 20.5. The summed E-state index contributed by atoms with van der Waals surface area (Å²) in [4.78, 5) is 38.1. The van der Waals surface area contributed by atoms with Crippen LogP contribution in [0.5, 0.6) is 11.5 Å². The van der Waals surface area contributed by atoms with Crippen LogP contribution in [0, 0.1) is 5.92 Å². The number of carboxylic acids is 1. The van der Waals surface area contributed by atoms with Crippen LogP contribution in [0.4, 0.5) is 0 Å². The van der Waals surface area contributed by atoms with Crippen LogP contribution >= 0.6 is 0 Å². The molecule has 0 radical (unpaired) electrons. The van der Waals surface area contributed by atoms with Gasteiger partial charge >= 0.3 is 5.97 Å². The van der Waals surface area contributed by atoms with Crippen molar-refractivity contribution < 1.29 is 29.7 Å². The van der Waals surface area contributed by atoms with E-state index >= 15 is 0 Å². The molecule has 4 rings (SSSR count). The first-order valence-electron chi connectivity index (χ1n) is 14.6. The van der Waals surface area contributed by atoms with Crippen molar-refractivity contribution in [1.82, 2.24) is 25.0 Å². The number of piperidine rings is 1. The fourth-order valence-electron chi connectivity index (χ4n) is 5.39. The summed E-state index contributed by atoms with van der Waals surface area (Å²) < 4.78 is 1.60. The lowest BCUT2D eigenvalue weighted by Crippen LogP contribution is -2.40. The number of nitrogens with two attached hydrogens (primary N) is 1. The number of aromatic nitrogens is 3. The maximum atomic E-state index is 12.9. The minimum absolute atomic E-state index is 0.0157. The molecule has 1 aliphatic rings. The molecular formula is C31H40N6O6. The Morgan fingerprint density at radius 1 is 1.05 bits per heavy atom. The number of nitrogens with one attached hydrogen (secondary N) is 1. The Bertz CT molecular complexity index is 1460. The molecule has 0 bridgehead atoms. The predicted molar refractivity (Wildman–Crippen MR) is 160 cm³/mol. The van der Waals surface area contributed by atoms with E-state index in [0.29, 0.717) is 42.4 Å². The van der Waals surface area contributed by atoms with Gasteiger partial charge in [0, 0.05) is 37.8 Å². The van der Waals surface area contributed by atoms with Crippen LogP contribution in [-0.4, -0.2) is 78.4 Å². The second-order valence-electron chi connectivity index (χ2n) is 11.3. The number of rotatable bonds is 11. The Morgan fingerprint density at radius 3 is 2.33 bits per heavy atom. The second-order valence-corrected chi connectivity index (χ2v) is 11.3. The van der Waals surface area contributed by atoms with Crippen LogP contribution in [-0.2, 0) is 16.0 Å². The zero-order valence-electron chi connectivity index (χ0n) is 24.8. The van der Waals surface area contributed by atoms with Gasteiger partial charge in [-0.15, -0.1) is 10.2 Å². The van der Waals surface area contributed by atoms with E-state index in [1.807, 2.05) is 45.0 Å². The van der Waals surface area contributed by atoms with E-state index in [2.05, 4.69) is 15.5 Å². The number of phenols is 2. The Labute approximate surface area is 250 Å². The van der Waals surface area contributed by atoms with Crippen molar-refractivity contribution in [2.45, 2.75) is 64.8 Å². The molecule has 1 atom stereocenters. The topological polar surface area (TPSA) is 184 Å². The number of hydrogen-bond acceptors (Lipinski definition) is 8. The summed E-state index contributed by atoms with van der Waals surface area (Å²) >= 11 is 0. The number of carbonyl (C=O) groups excluding carboxylic acids is 2. The van der Waals surface area contributed by atoms with Gasteiger partial charge in [0.25, 0.3) is 5.91 Å². The lowest BCUT2D eigenvalue weighted by molar-refractivity contribution is -0.139. The zero-order valence-corrected chi connectivity index (χ0v) is 24.8. The molecule has 12 heteroatoms. The molecule has 230 valence electrons. The molecule has 0 aliphatic carbocycles. The summed E-state index contributed by atoms with van der Waals surface area (Å²) in [6.07, 6.45) is 2.76. The van der Waals surface area contributed by atoms with Gasteiger partial charge in [0.15, 0.2) is 5.82 Å². The number of hydrogen-bond donors (Lipinski definition) is 5. The number of phenolic OH excluding ortho intramolecular Hbond substituents is 2. The highest BCUT2D eigenvalue weighted by atomic mass is 16.4. The fraction of sp³-hybridized carbons (Fsp3) is 0.452. The van der Waals surface area contributed by atoms with Crippen molar-refractivity contribution in [1.29, 1.82) is 0 Å². The molecule has 2 aromatic carbocycles. The molecule has 1 aromatic heterocycles. The smallest absolute Gasteiger partial charge is 0.320 e. The van der Waals surface area contributed by atoms with Crippen molar-refractivity contribution in [3.63, 3.8) is 0 Å². The monoisotopic (exact) mass is 592 g/mol. The lowest BCUT2D eigenvalue weighted by Gasteiger charge is -2.32. The molecule has 2 amide bonds. The highest BCUT2D eigenvalue weighted by Gasteiger charge is 2.26. The van der Waals surface area contributed by atoms with E-state index in [0.717, 1.165) is 24.8 Å². The van der Waals surface area contributed by atoms with Gasteiger partial charge in [-0.05, 0) is 73.8 Å². The van der Waals surface area contributed by atoms with E-state index in [1.165, 1.54) is 6.07 Å². The molecule has 3 aromatic rings. The Hall–Kier alpha value is -4.45. The third kappa shape index (κ3) is 7.31. The number of aromatic hydroxyl groups is 2. The van der Waals surface area contributed by atoms with Crippen LogP contribution in [0.15, 0.2) is 36.4 Å². The van der Waals surface area contributed by atoms with Gasteiger partial charge < -0.3 is 31.3 Å². The number of likely N-dealkylation sites (tertiary alicyclic amines) is 1. The Morgan fingerprint density at radius 2 is 1.72 bits per heavy atom. The van der Waals surface area contributed by atoms with Gasteiger partial charge in [-0.2, -0.15) is 0 Å². The van der Waals surface area contributed by atoms with Crippen LogP contribution in [0.3, 0.4) is 0 Å². The molecule has 1 fully saturated rings. The van der Waals surface area contributed by atoms with E-state index in [1.54, 1.807) is 15.5 Å². The summed E-state index contributed by atoms with van der Waals surface area (Å²) in [6, 6.07) is 9.67. The van der Waals surface area contributed by atoms with Gasteiger partial charge in [0.1, 0.15) is 17.5 Å². The number of benzene rings is 2. The van der Waals surface area contributed by atoms with Crippen molar-refractivity contribution in [2.24, 2.45) is 11.7 Å². The van der Waals surface area contributed by atoms with Crippen molar-refractivity contribution >= 4 is 17.8 Å². The van der Waals surface area contributed by atoms with Gasteiger partial charge in [-0.3, -0.25) is 19.0 Å². The van der Waals surface area contributed by atoms with Crippen LogP contribution in [0.25, 0.3) is 17.1 Å². The molecule has 2 heterocycles. The normalized spacial score (nSPS) is 14.6. The first-order valence-corrected chi connectivity index (χ1v) is 14.6. The van der Waals surface area contributed by atoms with Crippen molar-refractivity contribution in [3.05, 3.63) is 53.3 Å². The number of carbonyl (C=O) groups is 3. The third-order valence-electron chi connectivity index (χ3n) is 7.88. The SMILES string of the molecule is CCNC(=O)c1nnc(-c2cc(C(C)C)c(O)cc2O)n1-c1ccc(CC2CCN(C(=O)CCC(N)C(=O)O)CC2)cc1. The average Bonchev–Trinajstić information content (AvgIpc) is 3.41. The van der Waals surface area contributed by atoms with E-state index in [-0.39, 0.29) is 47.8 Å². The summed E-state index contributed by atoms with van der Waals surface area (Å²) in [7, 11) is 0. The summed E-state index contributed by atoms with van der Waals surface area (Å²) in [5.74, 6) is -1.05. The molecule has 43 heavy (non-hydrogen) atoms. The quantitative estimate of drug-likeness (QED) is 0.223. The molecule has 6 N–H and O–H groups in total. The van der Waals surface area contributed by atoms with Gasteiger partial charge in [-0.1, -0.05) is 26.0 Å². The molecule has 12 nitrogen and oxygen atoms in total. The molecule has 0 saturated carbocycles. The fourth-order valence-corrected chi connectivity index (χ4v) is 5.39. The molecule has 1 unspecified atom stereocenters.